The summed E-state index contributed by atoms with van der Waals surface area (Å²) in [7, 11) is -0.260. The standard InChI is InChI=1S/C39H63BO2/c1-26(2)12-10-13-27(3)33-18-19-34-32-17-16-30-24-29(20-22-38(30,8)35(32)21-23-39(33,34)9)28-14-11-15-31(25-28)40-41-36(4,5)37(6,7)42-40/h11,14-15,25-27,29-30,32-35H,10,12-13,16-24H2,1-9H3/t27-,29?,30+,32?,33?,34?,35+,38?,39?/m1/s1. The Morgan fingerprint density at radius 1 is 0.786 bits per heavy atom. The van der Waals surface area contributed by atoms with Crippen LogP contribution in [0.5, 0.6) is 0 Å². The molecule has 3 heteroatoms. The summed E-state index contributed by atoms with van der Waals surface area (Å²) in [5, 5.41) is 0. The first-order valence-electron chi connectivity index (χ1n) is 18.2. The molecule has 5 aliphatic rings. The number of fused-ring (bicyclic) bond motifs is 5. The van der Waals surface area contributed by atoms with Gasteiger partial charge in [0, 0.05) is 0 Å². The molecule has 2 nitrogen and oxygen atoms in total. The maximum atomic E-state index is 6.42. The van der Waals surface area contributed by atoms with Crippen molar-refractivity contribution in [2.45, 2.75) is 156 Å². The lowest BCUT2D eigenvalue weighted by atomic mass is 9.43. The lowest BCUT2D eigenvalue weighted by Crippen LogP contribution is -2.53. The Bertz CT molecular complexity index is 1090. The second-order valence-electron chi connectivity index (χ2n) is 17.9. The molecule has 5 fully saturated rings. The molecule has 0 aromatic heterocycles. The Balaban J connectivity index is 1.12. The van der Waals surface area contributed by atoms with Gasteiger partial charge in [-0.15, -0.1) is 0 Å². The van der Waals surface area contributed by atoms with E-state index in [9.17, 15) is 0 Å². The zero-order valence-electron chi connectivity index (χ0n) is 28.8. The summed E-state index contributed by atoms with van der Waals surface area (Å²) in [6, 6.07) is 9.28. The summed E-state index contributed by atoms with van der Waals surface area (Å²) in [5.74, 6) is 7.22. The van der Waals surface area contributed by atoms with Crippen LogP contribution in [-0.2, 0) is 9.31 Å². The van der Waals surface area contributed by atoms with Gasteiger partial charge < -0.3 is 9.31 Å². The minimum Gasteiger partial charge on any atom is -0.399 e. The van der Waals surface area contributed by atoms with Crippen LogP contribution in [0.1, 0.15) is 151 Å². The monoisotopic (exact) mass is 574 g/mol. The third-order valence-corrected chi connectivity index (χ3v) is 14.8. The molecule has 4 aliphatic carbocycles. The van der Waals surface area contributed by atoms with Crippen molar-refractivity contribution >= 4 is 12.6 Å². The van der Waals surface area contributed by atoms with Crippen LogP contribution in [-0.4, -0.2) is 18.3 Å². The predicted molar refractivity (Wildman–Crippen MR) is 178 cm³/mol. The van der Waals surface area contributed by atoms with Crippen LogP contribution in [0.15, 0.2) is 24.3 Å². The fourth-order valence-electron chi connectivity index (χ4n) is 11.5. The number of hydrogen-bond donors (Lipinski definition) is 0. The second kappa shape index (κ2) is 11.2. The van der Waals surface area contributed by atoms with Gasteiger partial charge in [-0.05, 0) is 155 Å². The van der Waals surface area contributed by atoms with Crippen LogP contribution in [0.4, 0.5) is 0 Å². The molecule has 4 saturated carbocycles. The Hall–Kier alpha value is -0.795. The first-order chi connectivity index (χ1) is 19.7. The van der Waals surface area contributed by atoms with Crippen LogP contribution in [0.3, 0.4) is 0 Å². The highest BCUT2D eigenvalue weighted by Crippen LogP contribution is 2.69. The van der Waals surface area contributed by atoms with Gasteiger partial charge in [-0.1, -0.05) is 78.1 Å². The molecule has 1 aromatic rings. The van der Waals surface area contributed by atoms with Gasteiger partial charge >= 0.3 is 7.12 Å². The summed E-state index contributed by atoms with van der Waals surface area (Å²) in [5.41, 5.74) is 3.29. The molecule has 0 spiro atoms. The van der Waals surface area contributed by atoms with Crippen LogP contribution in [0, 0.1) is 52.3 Å². The van der Waals surface area contributed by atoms with Crippen molar-refractivity contribution in [3.05, 3.63) is 29.8 Å². The minimum absolute atomic E-state index is 0.260. The third-order valence-electron chi connectivity index (χ3n) is 14.8. The Morgan fingerprint density at radius 2 is 1.48 bits per heavy atom. The van der Waals surface area contributed by atoms with Crippen molar-refractivity contribution in [2.24, 2.45) is 52.3 Å². The molecule has 9 atom stereocenters. The van der Waals surface area contributed by atoms with E-state index < -0.39 is 0 Å². The summed E-state index contributed by atoms with van der Waals surface area (Å²) in [6.45, 7) is 21.5. The normalized spacial score (nSPS) is 41.3. The van der Waals surface area contributed by atoms with E-state index in [0.717, 1.165) is 41.4 Å². The summed E-state index contributed by atoms with van der Waals surface area (Å²) >= 11 is 0. The van der Waals surface area contributed by atoms with Gasteiger partial charge in [-0.2, -0.15) is 0 Å². The first kappa shape index (κ1) is 31.2. The van der Waals surface area contributed by atoms with Crippen molar-refractivity contribution in [3.8, 4) is 0 Å². The average molecular weight is 575 g/mol. The quantitative estimate of drug-likeness (QED) is 0.302. The van der Waals surface area contributed by atoms with Crippen molar-refractivity contribution in [2.75, 3.05) is 0 Å². The van der Waals surface area contributed by atoms with Gasteiger partial charge in [0.05, 0.1) is 11.2 Å². The van der Waals surface area contributed by atoms with Crippen molar-refractivity contribution in [3.63, 3.8) is 0 Å². The van der Waals surface area contributed by atoms with Gasteiger partial charge in [0.15, 0.2) is 0 Å². The largest absolute Gasteiger partial charge is 0.494 e. The highest BCUT2D eigenvalue weighted by molar-refractivity contribution is 6.62. The Kier molecular flexibility index (Phi) is 8.34. The Morgan fingerprint density at radius 3 is 2.19 bits per heavy atom. The molecular weight excluding hydrogens is 511 g/mol. The number of hydrogen-bond acceptors (Lipinski definition) is 2. The van der Waals surface area contributed by atoms with Crippen LogP contribution in [0.25, 0.3) is 0 Å². The van der Waals surface area contributed by atoms with E-state index in [1.165, 1.54) is 88.1 Å². The SMILES string of the molecule is CC(C)CCC[C@@H](C)C1CCC2C3CC[C@H]4CC(c5cccc(B6OC(C)(C)C(C)(C)O6)c5)CCC4(C)[C@H]3CCC21C. The molecule has 0 radical (unpaired) electrons. The van der Waals surface area contributed by atoms with E-state index in [2.05, 4.69) is 86.6 Å². The fourth-order valence-corrected chi connectivity index (χ4v) is 11.5. The molecule has 234 valence electrons. The zero-order valence-corrected chi connectivity index (χ0v) is 28.8. The number of rotatable bonds is 7. The third kappa shape index (κ3) is 5.27. The number of benzene rings is 1. The van der Waals surface area contributed by atoms with E-state index in [1.807, 2.05) is 0 Å². The topological polar surface area (TPSA) is 18.5 Å². The first-order valence-corrected chi connectivity index (χ1v) is 18.2. The average Bonchev–Trinajstić information content (AvgIpc) is 3.39. The molecule has 0 N–H and O–H groups in total. The van der Waals surface area contributed by atoms with Gasteiger partial charge in [0.25, 0.3) is 0 Å². The fraction of sp³-hybridized carbons (Fsp3) is 0.846. The summed E-state index contributed by atoms with van der Waals surface area (Å²) in [6.07, 6.45) is 17.4. The van der Waals surface area contributed by atoms with Crippen molar-refractivity contribution in [1.29, 1.82) is 0 Å². The van der Waals surface area contributed by atoms with Gasteiger partial charge in [-0.25, -0.2) is 0 Å². The maximum Gasteiger partial charge on any atom is 0.494 e. The Labute approximate surface area is 260 Å². The highest BCUT2D eigenvalue weighted by atomic mass is 16.7. The van der Waals surface area contributed by atoms with Gasteiger partial charge in [-0.3, -0.25) is 0 Å². The van der Waals surface area contributed by atoms with E-state index in [1.54, 1.807) is 0 Å². The molecule has 0 amide bonds. The van der Waals surface area contributed by atoms with E-state index in [4.69, 9.17) is 9.31 Å². The van der Waals surface area contributed by atoms with Crippen molar-refractivity contribution < 1.29 is 9.31 Å². The molecule has 1 aromatic carbocycles. The van der Waals surface area contributed by atoms with Crippen LogP contribution in [0.2, 0.25) is 0 Å². The maximum absolute atomic E-state index is 6.42. The van der Waals surface area contributed by atoms with Crippen LogP contribution >= 0.6 is 0 Å². The lowest BCUT2D eigenvalue weighted by Gasteiger charge is -2.61. The second-order valence-corrected chi connectivity index (χ2v) is 17.9. The van der Waals surface area contributed by atoms with Crippen molar-refractivity contribution in [1.82, 2.24) is 0 Å². The lowest BCUT2D eigenvalue weighted by molar-refractivity contribution is -0.117. The molecule has 6 unspecified atom stereocenters. The van der Waals surface area contributed by atoms with E-state index in [-0.39, 0.29) is 18.3 Å². The minimum atomic E-state index is -0.291. The smallest absolute Gasteiger partial charge is 0.399 e. The molecular formula is C39H63BO2. The molecule has 1 heterocycles. The predicted octanol–water partition coefficient (Wildman–Crippen LogP) is 10.2. The van der Waals surface area contributed by atoms with E-state index in [0.29, 0.717) is 16.7 Å². The molecule has 1 saturated heterocycles. The van der Waals surface area contributed by atoms with Gasteiger partial charge in [0.1, 0.15) is 0 Å². The summed E-state index contributed by atoms with van der Waals surface area (Å²) in [4.78, 5) is 0. The molecule has 6 rings (SSSR count). The summed E-state index contributed by atoms with van der Waals surface area (Å²) < 4.78 is 12.8. The molecule has 0 bridgehead atoms. The van der Waals surface area contributed by atoms with Gasteiger partial charge in [0.2, 0.25) is 0 Å². The molecule has 42 heavy (non-hydrogen) atoms. The zero-order chi connectivity index (χ0) is 30.1. The molecule has 1 aliphatic heterocycles. The highest BCUT2D eigenvalue weighted by Gasteiger charge is 2.60. The van der Waals surface area contributed by atoms with E-state index >= 15 is 0 Å². The van der Waals surface area contributed by atoms with Crippen LogP contribution < -0.4 is 5.46 Å².